The predicted molar refractivity (Wildman–Crippen MR) is 80.4 cm³/mol. The highest BCUT2D eigenvalue weighted by Gasteiger charge is 2.35. The van der Waals surface area contributed by atoms with Gasteiger partial charge in [0.1, 0.15) is 0 Å². The van der Waals surface area contributed by atoms with Crippen LogP contribution in [0.2, 0.25) is 0 Å². The molecule has 1 aliphatic rings. The lowest BCUT2D eigenvalue weighted by molar-refractivity contribution is -0.0264. The van der Waals surface area contributed by atoms with Crippen LogP contribution in [0.4, 0.5) is 0 Å². The fourth-order valence-corrected chi connectivity index (χ4v) is 3.34. The summed E-state index contributed by atoms with van der Waals surface area (Å²) in [6, 6.07) is 0. The summed E-state index contributed by atoms with van der Waals surface area (Å²) in [7, 11) is 0. The molecule has 19 heavy (non-hydrogen) atoms. The third kappa shape index (κ3) is 4.44. The first-order chi connectivity index (χ1) is 9.08. The van der Waals surface area contributed by atoms with E-state index in [2.05, 4.69) is 32.6 Å². The Morgan fingerprint density at radius 3 is 2.47 bits per heavy atom. The maximum absolute atomic E-state index is 10.6. The summed E-state index contributed by atoms with van der Waals surface area (Å²) < 4.78 is 5.64. The number of nitrogens with zero attached hydrogens (tertiary/aromatic N) is 1. The molecule has 1 heterocycles. The van der Waals surface area contributed by atoms with Crippen LogP contribution in [0.25, 0.3) is 0 Å². The first-order valence-electron chi connectivity index (χ1n) is 8.13. The van der Waals surface area contributed by atoms with E-state index in [-0.39, 0.29) is 11.6 Å². The Hall–Kier alpha value is -0.120. The largest absolute Gasteiger partial charge is 0.391 e. The van der Waals surface area contributed by atoms with Crippen molar-refractivity contribution in [3.8, 4) is 0 Å². The maximum atomic E-state index is 10.6. The molecular formula is C16H33NO2. The second kappa shape index (κ2) is 8.23. The van der Waals surface area contributed by atoms with E-state index in [0.29, 0.717) is 6.10 Å². The number of hydrogen-bond acceptors (Lipinski definition) is 3. The summed E-state index contributed by atoms with van der Waals surface area (Å²) in [5, 5.41) is 10.6. The Kier molecular flexibility index (Phi) is 7.33. The van der Waals surface area contributed by atoms with Gasteiger partial charge >= 0.3 is 0 Å². The van der Waals surface area contributed by atoms with Gasteiger partial charge in [0.25, 0.3) is 0 Å². The predicted octanol–water partition coefficient (Wildman–Crippen LogP) is 3.21. The van der Waals surface area contributed by atoms with Gasteiger partial charge in [-0.05, 0) is 58.5 Å². The van der Waals surface area contributed by atoms with Crippen molar-refractivity contribution in [2.45, 2.75) is 84.0 Å². The highest BCUT2D eigenvalue weighted by atomic mass is 16.5. The van der Waals surface area contributed by atoms with Crippen molar-refractivity contribution >= 4 is 0 Å². The van der Waals surface area contributed by atoms with Gasteiger partial charge in [-0.25, -0.2) is 0 Å². The third-order valence-corrected chi connectivity index (χ3v) is 4.95. The Balaban J connectivity index is 2.41. The van der Waals surface area contributed by atoms with E-state index >= 15 is 0 Å². The molecular weight excluding hydrogens is 238 g/mol. The summed E-state index contributed by atoms with van der Waals surface area (Å²) in [5.74, 6) is 0. The van der Waals surface area contributed by atoms with Gasteiger partial charge in [0, 0.05) is 12.1 Å². The van der Waals surface area contributed by atoms with Gasteiger partial charge in [-0.15, -0.1) is 0 Å². The number of hydrogen-bond donors (Lipinski definition) is 1. The number of rotatable bonds is 9. The van der Waals surface area contributed by atoms with Crippen LogP contribution in [0.5, 0.6) is 0 Å². The van der Waals surface area contributed by atoms with E-state index in [4.69, 9.17) is 4.74 Å². The molecule has 1 saturated heterocycles. The smallest absolute Gasteiger partial charge is 0.0721 e. The van der Waals surface area contributed by atoms with Crippen LogP contribution in [-0.2, 0) is 4.74 Å². The van der Waals surface area contributed by atoms with Gasteiger partial charge in [0.15, 0.2) is 0 Å². The zero-order valence-corrected chi connectivity index (χ0v) is 13.3. The molecule has 1 rings (SSSR count). The fourth-order valence-electron chi connectivity index (χ4n) is 3.34. The summed E-state index contributed by atoms with van der Waals surface area (Å²) in [6.45, 7) is 11.7. The average molecular weight is 271 g/mol. The Labute approximate surface area is 119 Å². The van der Waals surface area contributed by atoms with Crippen molar-refractivity contribution in [2.75, 3.05) is 19.7 Å². The van der Waals surface area contributed by atoms with E-state index in [1.807, 2.05) is 0 Å². The van der Waals surface area contributed by atoms with Crippen molar-refractivity contribution in [3.63, 3.8) is 0 Å². The topological polar surface area (TPSA) is 32.7 Å². The highest BCUT2D eigenvalue weighted by molar-refractivity contribution is 4.91. The zero-order valence-electron chi connectivity index (χ0n) is 13.3. The molecule has 0 amide bonds. The van der Waals surface area contributed by atoms with Crippen LogP contribution >= 0.6 is 0 Å². The number of aliphatic hydroxyl groups is 1. The molecule has 0 aromatic rings. The highest BCUT2D eigenvalue weighted by Crippen LogP contribution is 2.27. The van der Waals surface area contributed by atoms with Gasteiger partial charge < -0.3 is 9.84 Å². The minimum absolute atomic E-state index is 0.0833. The summed E-state index contributed by atoms with van der Waals surface area (Å²) in [5.41, 5.74) is -0.0833. The lowest BCUT2D eigenvalue weighted by Gasteiger charge is -2.43. The SMILES string of the molecule is CCN(CC)C(C)(CC)C(O)CCCC1CCCO1. The van der Waals surface area contributed by atoms with E-state index in [1.54, 1.807) is 0 Å². The normalized spacial score (nSPS) is 24.6. The molecule has 0 radical (unpaired) electrons. The third-order valence-electron chi connectivity index (χ3n) is 4.95. The molecule has 1 aliphatic heterocycles. The maximum Gasteiger partial charge on any atom is 0.0721 e. The van der Waals surface area contributed by atoms with E-state index < -0.39 is 0 Å². The number of aliphatic hydroxyl groups excluding tert-OH is 1. The molecule has 114 valence electrons. The molecule has 0 bridgehead atoms. The van der Waals surface area contributed by atoms with Crippen molar-refractivity contribution in [1.82, 2.24) is 4.90 Å². The van der Waals surface area contributed by atoms with Crippen molar-refractivity contribution in [1.29, 1.82) is 0 Å². The molecule has 1 fully saturated rings. The van der Waals surface area contributed by atoms with Crippen LogP contribution in [-0.4, -0.2) is 47.4 Å². The summed E-state index contributed by atoms with van der Waals surface area (Å²) >= 11 is 0. The Morgan fingerprint density at radius 2 is 2.00 bits per heavy atom. The number of likely N-dealkylation sites (N-methyl/N-ethyl adjacent to an activating group) is 1. The fraction of sp³-hybridized carbons (Fsp3) is 1.00. The molecule has 0 aromatic heterocycles. The molecule has 3 nitrogen and oxygen atoms in total. The molecule has 3 atom stereocenters. The van der Waals surface area contributed by atoms with Crippen LogP contribution in [0.3, 0.4) is 0 Å². The van der Waals surface area contributed by atoms with Crippen LogP contribution in [0, 0.1) is 0 Å². The van der Waals surface area contributed by atoms with Crippen molar-refractivity contribution < 1.29 is 9.84 Å². The molecule has 0 aromatic carbocycles. The van der Waals surface area contributed by atoms with E-state index in [1.165, 1.54) is 12.8 Å². The van der Waals surface area contributed by atoms with Crippen LogP contribution in [0.1, 0.15) is 66.2 Å². The quantitative estimate of drug-likeness (QED) is 0.699. The minimum Gasteiger partial charge on any atom is -0.391 e. The van der Waals surface area contributed by atoms with Gasteiger partial charge in [-0.2, -0.15) is 0 Å². The summed E-state index contributed by atoms with van der Waals surface area (Å²) in [6.07, 6.45) is 6.69. The standard InChI is InChI=1S/C16H33NO2/c1-5-16(4,17(6-2)7-3)15(18)12-8-10-14-11-9-13-19-14/h14-15,18H,5-13H2,1-4H3. The molecule has 3 heteroatoms. The van der Waals surface area contributed by atoms with E-state index in [0.717, 1.165) is 45.4 Å². The first kappa shape index (κ1) is 16.9. The lowest BCUT2D eigenvalue weighted by Crippen LogP contribution is -2.54. The molecule has 0 aliphatic carbocycles. The second-order valence-corrected chi connectivity index (χ2v) is 5.96. The van der Waals surface area contributed by atoms with E-state index in [9.17, 15) is 5.11 Å². The van der Waals surface area contributed by atoms with Crippen LogP contribution in [0.15, 0.2) is 0 Å². The molecule has 1 N–H and O–H groups in total. The van der Waals surface area contributed by atoms with Crippen molar-refractivity contribution in [2.24, 2.45) is 0 Å². The lowest BCUT2D eigenvalue weighted by atomic mass is 9.86. The Morgan fingerprint density at radius 1 is 1.32 bits per heavy atom. The molecule has 3 unspecified atom stereocenters. The average Bonchev–Trinajstić information content (AvgIpc) is 2.92. The zero-order chi connectivity index (χ0) is 14.3. The summed E-state index contributed by atoms with van der Waals surface area (Å²) in [4.78, 5) is 2.39. The first-order valence-corrected chi connectivity index (χ1v) is 8.13. The minimum atomic E-state index is -0.237. The Bertz CT molecular complexity index is 237. The monoisotopic (exact) mass is 271 g/mol. The molecule has 0 saturated carbocycles. The van der Waals surface area contributed by atoms with Gasteiger partial charge in [-0.3, -0.25) is 4.90 Å². The van der Waals surface area contributed by atoms with Crippen molar-refractivity contribution in [3.05, 3.63) is 0 Å². The second-order valence-electron chi connectivity index (χ2n) is 5.96. The number of ether oxygens (including phenoxy) is 1. The van der Waals surface area contributed by atoms with Gasteiger partial charge in [-0.1, -0.05) is 20.8 Å². The van der Waals surface area contributed by atoms with Gasteiger partial charge in [0.05, 0.1) is 12.2 Å². The molecule has 0 spiro atoms. The van der Waals surface area contributed by atoms with Gasteiger partial charge in [0.2, 0.25) is 0 Å². The van der Waals surface area contributed by atoms with Crippen LogP contribution < -0.4 is 0 Å².